The number of aryl methyl sites for hydroxylation is 1. The maximum atomic E-state index is 15.7. The number of para-hydroxylation sites is 1. The van der Waals surface area contributed by atoms with E-state index in [4.69, 9.17) is 18.6 Å². The van der Waals surface area contributed by atoms with Gasteiger partial charge in [-0.25, -0.2) is 17.8 Å². The number of hydrogen-bond donors (Lipinski definition) is 0. The van der Waals surface area contributed by atoms with Crippen molar-refractivity contribution in [3.05, 3.63) is 75.8 Å². The number of sulfone groups is 1. The highest BCUT2D eigenvalue weighted by atomic mass is 32.2. The molecule has 12 heteroatoms. The molecule has 0 aliphatic carbocycles. The van der Waals surface area contributed by atoms with Gasteiger partial charge in [-0.1, -0.05) is 18.2 Å². The molecule has 0 radical (unpaired) electrons. The van der Waals surface area contributed by atoms with E-state index < -0.39 is 27.4 Å². The summed E-state index contributed by atoms with van der Waals surface area (Å²) in [5, 5.41) is 0. The van der Waals surface area contributed by atoms with Crippen molar-refractivity contribution in [1.29, 1.82) is 0 Å². The van der Waals surface area contributed by atoms with Gasteiger partial charge >= 0.3 is 0 Å². The van der Waals surface area contributed by atoms with Crippen LogP contribution in [0.2, 0.25) is 0 Å². The van der Waals surface area contributed by atoms with Crippen LogP contribution in [0, 0.1) is 5.95 Å². The lowest BCUT2D eigenvalue weighted by molar-refractivity contribution is -0.0699. The lowest BCUT2D eigenvalue weighted by Crippen LogP contribution is -2.27. The summed E-state index contributed by atoms with van der Waals surface area (Å²) in [6.45, 7) is 1.19. The van der Waals surface area contributed by atoms with Gasteiger partial charge < -0.3 is 18.6 Å². The fourth-order valence-electron chi connectivity index (χ4n) is 4.74. The highest BCUT2D eigenvalue weighted by Gasteiger charge is 2.28. The van der Waals surface area contributed by atoms with Gasteiger partial charge in [-0.05, 0) is 37.0 Å². The van der Waals surface area contributed by atoms with Crippen molar-refractivity contribution >= 4 is 26.0 Å². The third kappa shape index (κ3) is 6.08. The van der Waals surface area contributed by atoms with E-state index in [0.717, 1.165) is 40.4 Å². The minimum Gasteiger partial charge on any atom is -0.496 e. The third-order valence-electron chi connectivity index (χ3n) is 6.67. The molecule has 1 fully saturated rings. The molecule has 1 aromatic carbocycles. The van der Waals surface area contributed by atoms with Crippen molar-refractivity contribution < 1.29 is 31.4 Å². The van der Waals surface area contributed by atoms with Crippen molar-refractivity contribution in [1.82, 2.24) is 9.38 Å². The fraction of sp³-hybridized carbons (Fsp3) is 0.407. The van der Waals surface area contributed by atoms with E-state index in [9.17, 15) is 13.2 Å². The maximum Gasteiger partial charge on any atom is 0.261 e. The number of rotatable bonds is 10. The van der Waals surface area contributed by atoms with Crippen molar-refractivity contribution in [2.75, 3.05) is 32.3 Å². The average Bonchev–Trinajstić information content (AvgIpc) is 3.57. The largest absolute Gasteiger partial charge is 0.496 e. The summed E-state index contributed by atoms with van der Waals surface area (Å²) in [5.41, 5.74) is 1.05. The summed E-state index contributed by atoms with van der Waals surface area (Å²) in [7, 11) is -1.77. The third-order valence-corrected chi connectivity index (χ3v) is 8.80. The van der Waals surface area contributed by atoms with Crippen LogP contribution in [-0.4, -0.2) is 56.2 Å². The van der Waals surface area contributed by atoms with Gasteiger partial charge in [0.2, 0.25) is 11.8 Å². The molecule has 4 aromatic rings. The molecule has 39 heavy (non-hydrogen) atoms. The highest BCUT2D eigenvalue weighted by molar-refractivity contribution is 7.90. The zero-order valence-corrected chi connectivity index (χ0v) is 23.2. The number of oxazole rings is 1. The van der Waals surface area contributed by atoms with Crippen LogP contribution in [0.25, 0.3) is 15.6 Å². The van der Waals surface area contributed by atoms with Gasteiger partial charge in [-0.3, -0.25) is 4.79 Å². The second kappa shape index (κ2) is 11.6. The Labute approximate surface area is 229 Å². The number of benzene rings is 1. The van der Waals surface area contributed by atoms with E-state index in [2.05, 4.69) is 4.98 Å². The molecule has 5 rings (SSSR count). The average molecular weight is 577 g/mol. The summed E-state index contributed by atoms with van der Waals surface area (Å²) in [6.07, 6.45) is 5.02. The predicted octanol–water partition coefficient (Wildman–Crippen LogP) is 4.23. The minimum absolute atomic E-state index is 0.0443. The Kier molecular flexibility index (Phi) is 8.17. The molecule has 0 N–H and O–H groups in total. The Hall–Kier alpha value is -3.06. The van der Waals surface area contributed by atoms with E-state index in [0.29, 0.717) is 35.8 Å². The van der Waals surface area contributed by atoms with E-state index in [1.807, 2.05) is 24.3 Å². The lowest BCUT2D eigenvalue weighted by Gasteiger charge is -2.29. The van der Waals surface area contributed by atoms with Gasteiger partial charge in [0, 0.05) is 37.0 Å². The smallest absolute Gasteiger partial charge is 0.261 e. The van der Waals surface area contributed by atoms with Crippen LogP contribution < -0.4 is 10.3 Å². The number of fused-ring (bicyclic) bond motifs is 1. The predicted molar refractivity (Wildman–Crippen MR) is 145 cm³/mol. The van der Waals surface area contributed by atoms with Crippen LogP contribution in [0.3, 0.4) is 0 Å². The van der Waals surface area contributed by atoms with E-state index in [1.54, 1.807) is 13.2 Å². The highest BCUT2D eigenvalue weighted by Crippen LogP contribution is 2.37. The standard InChI is InChI=1S/C27H29FN2O7S2/c1-34-21-6-4-3-5-20(21)22(37-19-7-11-35-12-8-19)16-18-15-17(9-14-39(2,32)33)26(31)30-24(28)23(38-27(18)30)25-29-10-13-36-25/h3-6,10,13,15,19,22H,7-9,11-12,14,16H2,1-2H3/t22-/m0/s1. The molecule has 0 bridgehead atoms. The normalized spacial score (nSPS) is 15.6. The molecule has 0 spiro atoms. The zero-order valence-electron chi connectivity index (χ0n) is 21.6. The van der Waals surface area contributed by atoms with Crippen LogP contribution in [0.15, 0.2) is 52.0 Å². The summed E-state index contributed by atoms with van der Waals surface area (Å²) in [6, 6.07) is 9.21. The zero-order chi connectivity index (χ0) is 27.6. The molecule has 1 saturated heterocycles. The van der Waals surface area contributed by atoms with Gasteiger partial charge in [0.1, 0.15) is 31.6 Å². The van der Waals surface area contributed by atoms with Gasteiger partial charge in [0.25, 0.3) is 5.56 Å². The second-order valence-corrected chi connectivity index (χ2v) is 12.7. The fourth-order valence-corrected chi connectivity index (χ4v) is 6.41. The number of thiazole rings is 1. The van der Waals surface area contributed by atoms with Crippen LogP contribution in [0.5, 0.6) is 5.75 Å². The quantitative estimate of drug-likeness (QED) is 0.276. The molecule has 208 valence electrons. The number of pyridine rings is 1. The molecule has 0 amide bonds. The first kappa shape index (κ1) is 27.5. The second-order valence-electron chi connectivity index (χ2n) is 9.46. The molecule has 1 aliphatic rings. The first-order valence-electron chi connectivity index (χ1n) is 12.5. The van der Waals surface area contributed by atoms with E-state index in [1.165, 1.54) is 12.5 Å². The van der Waals surface area contributed by atoms with Crippen LogP contribution in [-0.2, 0) is 32.2 Å². The minimum atomic E-state index is -3.36. The van der Waals surface area contributed by atoms with Crippen molar-refractivity contribution in [2.45, 2.75) is 37.9 Å². The summed E-state index contributed by atoms with van der Waals surface area (Å²) in [4.78, 5) is 17.9. The Balaban J connectivity index is 1.64. The first-order valence-corrected chi connectivity index (χ1v) is 15.4. The van der Waals surface area contributed by atoms with Gasteiger partial charge in [0.15, 0.2) is 0 Å². The SMILES string of the molecule is COc1ccccc1[C@H](Cc1cc(CCS(C)(=O)=O)c(=O)n2c(F)c(-c3ncco3)sc12)OC1CCOCC1. The number of nitrogens with zero attached hydrogens (tertiary/aromatic N) is 2. The maximum absolute atomic E-state index is 15.7. The molecule has 3 aromatic heterocycles. The topological polar surface area (TPSA) is 109 Å². The first-order chi connectivity index (χ1) is 18.7. The van der Waals surface area contributed by atoms with Crippen LogP contribution in [0.1, 0.15) is 35.6 Å². The number of ether oxygens (including phenoxy) is 3. The van der Waals surface area contributed by atoms with Crippen molar-refractivity contribution in [3.63, 3.8) is 0 Å². The van der Waals surface area contributed by atoms with Crippen molar-refractivity contribution in [3.8, 4) is 16.5 Å². The molecular weight excluding hydrogens is 547 g/mol. The molecule has 9 nitrogen and oxygen atoms in total. The van der Waals surface area contributed by atoms with E-state index >= 15 is 4.39 Å². The van der Waals surface area contributed by atoms with Gasteiger partial charge in [-0.15, -0.1) is 11.3 Å². The lowest BCUT2D eigenvalue weighted by atomic mass is 9.99. The number of aromatic nitrogens is 2. The van der Waals surface area contributed by atoms with Gasteiger partial charge in [0.05, 0.1) is 31.3 Å². The number of hydrogen-bond acceptors (Lipinski definition) is 9. The van der Waals surface area contributed by atoms with Gasteiger partial charge in [-0.2, -0.15) is 4.39 Å². The van der Waals surface area contributed by atoms with E-state index in [-0.39, 0.29) is 34.6 Å². The Bertz CT molecular complexity index is 1610. The molecule has 1 atom stereocenters. The summed E-state index contributed by atoms with van der Waals surface area (Å²) in [5.74, 6) is -0.331. The van der Waals surface area contributed by atoms with Crippen LogP contribution in [0.4, 0.5) is 4.39 Å². The van der Waals surface area contributed by atoms with Crippen molar-refractivity contribution in [2.24, 2.45) is 0 Å². The molecule has 0 unspecified atom stereocenters. The monoisotopic (exact) mass is 576 g/mol. The Morgan fingerprint density at radius 2 is 2.00 bits per heavy atom. The molecular formula is C27H29FN2O7S2. The Morgan fingerprint density at radius 1 is 1.23 bits per heavy atom. The molecule has 0 saturated carbocycles. The summed E-state index contributed by atoms with van der Waals surface area (Å²) >= 11 is 1.05. The molecule has 4 heterocycles. The molecule has 1 aliphatic heterocycles. The number of methoxy groups -OCH3 is 1. The summed E-state index contributed by atoms with van der Waals surface area (Å²) < 4.78 is 63.6. The number of halogens is 1. The Morgan fingerprint density at radius 3 is 2.69 bits per heavy atom. The van der Waals surface area contributed by atoms with Crippen LogP contribution >= 0.6 is 11.3 Å².